The minimum absolute atomic E-state index is 0.0885. The molecule has 29 heavy (non-hydrogen) atoms. The summed E-state index contributed by atoms with van der Waals surface area (Å²) < 4.78 is 3.98. The fraction of sp³-hybridized carbons (Fsp3) is 0.238. The molecule has 0 aliphatic rings. The third-order valence-electron chi connectivity index (χ3n) is 4.61. The average molecular weight is 410 g/mol. The highest BCUT2D eigenvalue weighted by atomic mass is 35.5. The van der Waals surface area contributed by atoms with E-state index in [1.807, 2.05) is 41.1 Å². The van der Waals surface area contributed by atoms with Crippen LogP contribution in [0.4, 0.5) is 0 Å². The molecule has 0 radical (unpaired) electrons. The van der Waals surface area contributed by atoms with Gasteiger partial charge in [-0.15, -0.1) is 0 Å². The highest BCUT2D eigenvalue weighted by Gasteiger charge is 2.16. The first-order chi connectivity index (χ1) is 13.9. The Balaban J connectivity index is 1.62. The number of halogens is 1. The van der Waals surface area contributed by atoms with Crippen molar-refractivity contribution < 1.29 is 9.90 Å². The van der Waals surface area contributed by atoms with Gasteiger partial charge in [-0.2, -0.15) is 0 Å². The van der Waals surface area contributed by atoms with E-state index in [0.717, 1.165) is 28.1 Å². The van der Waals surface area contributed by atoms with E-state index in [9.17, 15) is 4.79 Å². The van der Waals surface area contributed by atoms with E-state index < -0.39 is 5.97 Å². The number of fused-ring (bicyclic) bond motifs is 1. The lowest BCUT2D eigenvalue weighted by Crippen LogP contribution is -2.04. The van der Waals surface area contributed by atoms with E-state index in [2.05, 4.69) is 28.4 Å². The highest BCUT2D eigenvalue weighted by Crippen LogP contribution is 2.29. The number of imidazole rings is 2. The summed E-state index contributed by atoms with van der Waals surface area (Å²) in [5.74, 6) is -0.0465. The van der Waals surface area contributed by atoms with Crippen molar-refractivity contribution in [3.63, 3.8) is 0 Å². The van der Waals surface area contributed by atoms with Crippen LogP contribution in [0.5, 0.6) is 0 Å². The van der Waals surface area contributed by atoms with E-state index in [4.69, 9.17) is 21.7 Å². The summed E-state index contributed by atoms with van der Waals surface area (Å²) in [6.45, 7) is 4.74. The first-order valence-corrected chi connectivity index (χ1v) is 9.63. The van der Waals surface area contributed by atoms with Crippen molar-refractivity contribution in [1.29, 1.82) is 0 Å². The Morgan fingerprint density at radius 1 is 1.17 bits per heavy atom. The van der Waals surface area contributed by atoms with Gasteiger partial charge in [0, 0.05) is 29.0 Å². The number of carboxylic acids is 1. The van der Waals surface area contributed by atoms with Gasteiger partial charge in [-0.25, -0.2) is 9.97 Å². The normalized spacial score (nSPS) is 11.4. The Morgan fingerprint density at radius 2 is 2.00 bits per heavy atom. The van der Waals surface area contributed by atoms with E-state index in [0.29, 0.717) is 17.3 Å². The predicted molar refractivity (Wildman–Crippen MR) is 111 cm³/mol. The molecular formula is C21H20ClN5O2. The van der Waals surface area contributed by atoms with E-state index in [1.54, 1.807) is 12.5 Å². The van der Waals surface area contributed by atoms with E-state index in [1.165, 1.54) is 0 Å². The molecule has 0 saturated heterocycles. The third-order valence-corrected chi connectivity index (χ3v) is 4.85. The number of aliphatic carboxylic acids is 1. The lowest BCUT2D eigenvalue weighted by molar-refractivity contribution is -0.136. The second kappa shape index (κ2) is 7.67. The Bertz CT molecular complexity index is 1180. The average Bonchev–Trinajstić information content (AvgIpc) is 3.25. The van der Waals surface area contributed by atoms with Crippen LogP contribution < -0.4 is 0 Å². The predicted octanol–water partition coefficient (Wildman–Crippen LogP) is 4.20. The summed E-state index contributed by atoms with van der Waals surface area (Å²) in [4.78, 5) is 24.2. The van der Waals surface area contributed by atoms with Gasteiger partial charge in [0.1, 0.15) is 5.82 Å². The second-order valence-corrected chi connectivity index (χ2v) is 7.61. The molecule has 1 N–H and O–H groups in total. The summed E-state index contributed by atoms with van der Waals surface area (Å²) in [5.41, 5.74) is 4.19. The molecule has 0 aliphatic carbocycles. The summed E-state index contributed by atoms with van der Waals surface area (Å²) in [6, 6.07) is 9.86. The standard InChI is InChI=1S/C21H20ClN5O2/c1-13(2)27-19-7-15(22)4-6-18(19)25-21(27)14-3-5-16(23-9-14)10-26-11-17(24-12-26)8-20(28)29/h3-7,9,11-13H,8,10H2,1-2H3,(H,28,29). The fourth-order valence-electron chi connectivity index (χ4n) is 3.37. The van der Waals surface area contributed by atoms with Crippen LogP contribution in [-0.2, 0) is 17.8 Å². The number of rotatable bonds is 6. The van der Waals surface area contributed by atoms with Gasteiger partial charge in [0.2, 0.25) is 0 Å². The minimum Gasteiger partial charge on any atom is -0.481 e. The Labute approximate surface area is 172 Å². The van der Waals surface area contributed by atoms with Crippen LogP contribution >= 0.6 is 11.6 Å². The molecule has 0 bridgehead atoms. The summed E-state index contributed by atoms with van der Waals surface area (Å²) in [5, 5.41) is 9.54. The SMILES string of the molecule is CC(C)n1c(-c2ccc(Cn3cnc(CC(=O)O)c3)nc2)nc2ccc(Cl)cc21. The van der Waals surface area contributed by atoms with Gasteiger partial charge in [-0.1, -0.05) is 11.6 Å². The first-order valence-electron chi connectivity index (χ1n) is 9.26. The van der Waals surface area contributed by atoms with Crippen LogP contribution in [-0.4, -0.2) is 35.2 Å². The highest BCUT2D eigenvalue weighted by molar-refractivity contribution is 6.31. The zero-order valence-electron chi connectivity index (χ0n) is 16.1. The fourth-order valence-corrected chi connectivity index (χ4v) is 3.54. The number of aromatic nitrogens is 5. The Morgan fingerprint density at radius 3 is 2.69 bits per heavy atom. The van der Waals surface area contributed by atoms with Crippen LogP contribution in [0.2, 0.25) is 5.02 Å². The zero-order valence-corrected chi connectivity index (χ0v) is 16.8. The quantitative estimate of drug-likeness (QED) is 0.515. The van der Waals surface area contributed by atoms with Gasteiger partial charge in [0.05, 0.1) is 41.7 Å². The molecule has 0 fully saturated rings. The van der Waals surface area contributed by atoms with Crippen molar-refractivity contribution in [1.82, 2.24) is 24.1 Å². The minimum atomic E-state index is -0.896. The largest absolute Gasteiger partial charge is 0.481 e. The third kappa shape index (κ3) is 4.00. The molecule has 0 unspecified atom stereocenters. The number of benzene rings is 1. The molecule has 8 heteroatoms. The number of carboxylic acid groups (broad SMARTS) is 1. The van der Waals surface area contributed by atoms with Gasteiger partial charge in [-0.05, 0) is 44.2 Å². The molecule has 3 heterocycles. The monoisotopic (exact) mass is 409 g/mol. The molecule has 148 valence electrons. The van der Waals surface area contributed by atoms with Gasteiger partial charge in [-0.3, -0.25) is 9.78 Å². The van der Waals surface area contributed by atoms with Gasteiger partial charge < -0.3 is 14.2 Å². The molecular weight excluding hydrogens is 390 g/mol. The zero-order chi connectivity index (χ0) is 20.5. The van der Waals surface area contributed by atoms with Crippen molar-refractivity contribution in [3.05, 3.63) is 65.5 Å². The van der Waals surface area contributed by atoms with Crippen molar-refractivity contribution in [3.8, 4) is 11.4 Å². The number of nitrogens with zero attached hydrogens (tertiary/aromatic N) is 5. The van der Waals surface area contributed by atoms with Crippen LogP contribution in [0, 0.1) is 0 Å². The molecule has 4 rings (SSSR count). The maximum absolute atomic E-state index is 10.8. The lowest BCUT2D eigenvalue weighted by Gasteiger charge is -2.13. The number of hydrogen-bond acceptors (Lipinski definition) is 4. The van der Waals surface area contributed by atoms with Crippen LogP contribution in [0.25, 0.3) is 22.4 Å². The van der Waals surface area contributed by atoms with Crippen molar-refractivity contribution in [2.45, 2.75) is 32.9 Å². The molecule has 3 aromatic heterocycles. The Kier molecular flexibility index (Phi) is 5.07. The molecule has 0 saturated carbocycles. The number of carbonyl (C=O) groups is 1. The van der Waals surface area contributed by atoms with Gasteiger partial charge in [0.25, 0.3) is 0 Å². The molecule has 0 atom stereocenters. The molecule has 0 aliphatic heterocycles. The summed E-state index contributed by atoms with van der Waals surface area (Å²) in [6.07, 6.45) is 5.07. The molecule has 1 aromatic carbocycles. The van der Waals surface area contributed by atoms with E-state index >= 15 is 0 Å². The van der Waals surface area contributed by atoms with Crippen LogP contribution in [0.15, 0.2) is 49.1 Å². The number of pyridine rings is 1. The lowest BCUT2D eigenvalue weighted by atomic mass is 10.2. The first kappa shape index (κ1) is 19.1. The molecule has 0 amide bonds. The smallest absolute Gasteiger partial charge is 0.309 e. The summed E-state index contributed by atoms with van der Waals surface area (Å²) >= 11 is 6.18. The van der Waals surface area contributed by atoms with Crippen LogP contribution in [0.3, 0.4) is 0 Å². The molecule has 0 spiro atoms. The topological polar surface area (TPSA) is 85.8 Å². The maximum atomic E-state index is 10.8. The summed E-state index contributed by atoms with van der Waals surface area (Å²) in [7, 11) is 0. The maximum Gasteiger partial charge on any atom is 0.309 e. The van der Waals surface area contributed by atoms with E-state index in [-0.39, 0.29) is 12.5 Å². The van der Waals surface area contributed by atoms with Crippen molar-refractivity contribution in [2.24, 2.45) is 0 Å². The van der Waals surface area contributed by atoms with Crippen LogP contribution in [0.1, 0.15) is 31.3 Å². The second-order valence-electron chi connectivity index (χ2n) is 7.18. The molecule has 4 aromatic rings. The number of hydrogen-bond donors (Lipinski definition) is 1. The van der Waals surface area contributed by atoms with Gasteiger partial charge in [0.15, 0.2) is 0 Å². The van der Waals surface area contributed by atoms with Gasteiger partial charge >= 0.3 is 5.97 Å². The van der Waals surface area contributed by atoms with Crippen molar-refractivity contribution >= 4 is 28.6 Å². The molecule has 7 nitrogen and oxygen atoms in total. The Hall–Kier alpha value is -3.19. The van der Waals surface area contributed by atoms with Crippen molar-refractivity contribution in [2.75, 3.05) is 0 Å².